The number of aromatic nitrogens is 1. The number of pyridine rings is 1. The lowest BCUT2D eigenvalue weighted by Crippen LogP contribution is -2.64. The van der Waals surface area contributed by atoms with Crippen LogP contribution in [0.4, 0.5) is 4.79 Å². The summed E-state index contributed by atoms with van der Waals surface area (Å²) in [5, 5.41) is 3.35. The van der Waals surface area contributed by atoms with E-state index >= 15 is 0 Å². The predicted octanol–water partition coefficient (Wildman–Crippen LogP) is 1.35. The fraction of sp³-hybridized carbons (Fsp3) is 0.333. The first kappa shape index (κ1) is 17.0. The molecule has 0 aliphatic carbocycles. The van der Waals surface area contributed by atoms with Gasteiger partial charge in [0.1, 0.15) is 23.6 Å². The molecule has 3 N–H and O–H groups in total. The Hall–Kier alpha value is -2.80. The molecule has 7 nitrogen and oxygen atoms in total. The molecule has 2 heterocycles. The minimum absolute atomic E-state index is 0.265. The Morgan fingerprint density at radius 3 is 2.76 bits per heavy atom. The number of nitrogens with zero attached hydrogens (tertiary/aromatic N) is 2. The SMILES string of the molecule is COc1ccc(C2(COc3cccnc3)CNCCN2C(N)=O)cc1. The van der Waals surface area contributed by atoms with Gasteiger partial charge in [-0.1, -0.05) is 12.1 Å². The zero-order valence-corrected chi connectivity index (χ0v) is 14.1. The average molecular weight is 342 g/mol. The molecule has 1 fully saturated rings. The van der Waals surface area contributed by atoms with Crippen LogP contribution in [-0.2, 0) is 5.54 Å². The molecule has 0 saturated carbocycles. The molecule has 7 heteroatoms. The molecule has 0 bridgehead atoms. The van der Waals surface area contributed by atoms with Gasteiger partial charge >= 0.3 is 6.03 Å². The van der Waals surface area contributed by atoms with Gasteiger partial charge in [0.2, 0.25) is 0 Å². The molecule has 132 valence electrons. The summed E-state index contributed by atoms with van der Waals surface area (Å²) in [5.41, 5.74) is 5.90. The van der Waals surface area contributed by atoms with Crippen LogP contribution in [0.5, 0.6) is 11.5 Å². The standard InChI is InChI=1S/C18H22N4O3/c1-24-15-6-4-14(5-7-15)18(12-21-9-10-22(18)17(19)23)13-25-16-3-2-8-20-11-16/h2-8,11,21H,9-10,12-13H2,1H3,(H2,19,23). The van der Waals surface area contributed by atoms with Crippen molar-refractivity contribution < 1.29 is 14.3 Å². The summed E-state index contributed by atoms with van der Waals surface area (Å²) in [4.78, 5) is 17.8. The van der Waals surface area contributed by atoms with Crippen molar-refractivity contribution in [2.24, 2.45) is 5.73 Å². The Balaban J connectivity index is 1.95. The summed E-state index contributed by atoms with van der Waals surface area (Å²) in [7, 11) is 1.62. The van der Waals surface area contributed by atoms with Crippen molar-refractivity contribution in [3.05, 3.63) is 54.4 Å². The fourth-order valence-corrected chi connectivity index (χ4v) is 3.12. The molecule has 1 atom stereocenters. The van der Waals surface area contributed by atoms with Gasteiger partial charge in [-0.25, -0.2) is 4.79 Å². The molecule has 25 heavy (non-hydrogen) atoms. The van der Waals surface area contributed by atoms with Crippen LogP contribution >= 0.6 is 0 Å². The molecule has 1 aromatic carbocycles. The lowest BCUT2D eigenvalue weighted by atomic mass is 9.87. The first-order valence-electron chi connectivity index (χ1n) is 8.11. The number of nitrogens with two attached hydrogens (primary N) is 1. The van der Waals surface area contributed by atoms with Gasteiger partial charge in [0.15, 0.2) is 0 Å². The van der Waals surface area contributed by atoms with Crippen LogP contribution in [0.1, 0.15) is 5.56 Å². The molecule has 0 spiro atoms. The van der Waals surface area contributed by atoms with Gasteiger partial charge in [-0.15, -0.1) is 0 Å². The highest BCUT2D eigenvalue weighted by Crippen LogP contribution is 2.32. The maximum Gasteiger partial charge on any atom is 0.315 e. The highest BCUT2D eigenvalue weighted by molar-refractivity contribution is 5.73. The van der Waals surface area contributed by atoms with Crippen molar-refractivity contribution in [2.45, 2.75) is 5.54 Å². The summed E-state index contributed by atoms with van der Waals surface area (Å²) in [6.07, 6.45) is 3.33. The molecule has 0 radical (unpaired) electrons. The molecular formula is C18H22N4O3. The van der Waals surface area contributed by atoms with E-state index in [1.807, 2.05) is 30.3 Å². The Kier molecular flexibility index (Phi) is 5.04. The van der Waals surface area contributed by atoms with Crippen molar-refractivity contribution in [3.63, 3.8) is 0 Å². The van der Waals surface area contributed by atoms with Crippen LogP contribution in [0.25, 0.3) is 0 Å². The number of hydrogen-bond acceptors (Lipinski definition) is 5. The molecule has 1 saturated heterocycles. The van der Waals surface area contributed by atoms with Crippen LogP contribution in [0, 0.1) is 0 Å². The average Bonchev–Trinajstić information content (AvgIpc) is 2.67. The third kappa shape index (κ3) is 3.51. The summed E-state index contributed by atoms with van der Waals surface area (Å²) in [5.74, 6) is 1.40. The van der Waals surface area contributed by atoms with E-state index in [0.717, 1.165) is 11.3 Å². The minimum Gasteiger partial charge on any atom is -0.497 e. The van der Waals surface area contributed by atoms with E-state index in [2.05, 4.69) is 10.3 Å². The summed E-state index contributed by atoms with van der Waals surface area (Å²) < 4.78 is 11.2. The monoisotopic (exact) mass is 342 g/mol. The quantitative estimate of drug-likeness (QED) is 0.856. The Morgan fingerprint density at radius 1 is 1.32 bits per heavy atom. The van der Waals surface area contributed by atoms with E-state index in [-0.39, 0.29) is 6.61 Å². The Bertz CT molecular complexity index is 708. The number of benzene rings is 1. The van der Waals surface area contributed by atoms with Gasteiger partial charge < -0.3 is 25.4 Å². The molecule has 3 rings (SSSR count). The van der Waals surface area contributed by atoms with Crippen molar-refractivity contribution in [1.29, 1.82) is 0 Å². The largest absolute Gasteiger partial charge is 0.497 e. The van der Waals surface area contributed by atoms with Crippen LogP contribution in [-0.4, -0.2) is 49.3 Å². The van der Waals surface area contributed by atoms with E-state index < -0.39 is 11.6 Å². The molecule has 1 aliphatic heterocycles. The molecule has 1 aromatic heterocycles. The first-order valence-corrected chi connectivity index (χ1v) is 8.11. The van der Waals surface area contributed by atoms with Gasteiger partial charge in [0.25, 0.3) is 0 Å². The predicted molar refractivity (Wildman–Crippen MR) is 93.6 cm³/mol. The van der Waals surface area contributed by atoms with E-state index in [0.29, 0.717) is 25.4 Å². The lowest BCUT2D eigenvalue weighted by Gasteiger charge is -2.46. The zero-order chi connectivity index (χ0) is 17.7. The van der Waals surface area contributed by atoms with Crippen LogP contribution in [0.2, 0.25) is 0 Å². The third-order valence-corrected chi connectivity index (χ3v) is 4.45. The molecular weight excluding hydrogens is 320 g/mol. The fourth-order valence-electron chi connectivity index (χ4n) is 3.12. The van der Waals surface area contributed by atoms with Gasteiger partial charge in [0.05, 0.1) is 13.3 Å². The smallest absolute Gasteiger partial charge is 0.315 e. The third-order valence-electron chi connectivity index (χ3n) is 4.45. The van der Waals surface area contributed by atoms with Crippen molar-refractivity contribution >= 4 is 6.03 Å². The molecule has 1 aliphatic rings. The van der Waals surface area contributed by atoms with Gasteiger partial charge in [-0.3, -0.25) is 4.98 Å². The minimum atomic E-state index is -0.702. The highest BCUT2D eigenvalue weighted by Gasteiger charge is 2.43. The molecule has 2 amide bonds. The zero-order valence-electron chi connectivity index (χ0n) is 14.1. The van der Waals surface area contributed by atoms with Gasteiger partial charge in [-0.05, 0) is 29.8 Å². The Morgan fingerprint density at radius 2 is 2.12 bits per heavy atom. The van der Waals surface area contributed by atoms with Crippen molar-refractivity contribution in [2.75, 3.05) is 33.4 Å². The van der Waals surface area contributed by atoms with Crippen LogP contribution in [0.3, 0.4) is 0 Å². The second-order valence-electron chi connectivity index (χ2n) is 5.90. The van der Waals surface area contributed by atoms with E-state index in [9.17, 15) is 4.79 Å². The second kappa shape index (κ2) is 7.40. The second-order valence-corrected chi connectivity index (χ2v) is 5.90. The van der Waals surface area contributed by atoms with E-state index in [1.165, 1.54) is 0 Å². The maximum atomic E-state index is 12.1. The normalized spacial score (nSPS) is 20.1. The topological polar surface area (TPSA) is 89.7 Å². The van der Waals surface area contributed by atoms with Gasteiger partial charge in [0, 0.05) is 25.8 Å². The van der Waals surface area contributed by atoms with Gasteiger partial charge in [-0.2, -0.15) is 0 Å². The first-order chi connectivity index (χ1) is 12.2. The summed E-state index contributed by atoms with van der Waals surface area (Å²) in [6, 6.07) is 10.8. The number of rotatable bonds is 5. The maximum absolute atomic E-state index is 12.1. The number of methoxy groups -OCH3 is 1. The van der Waals surface area contributed by atoms with Crippen molar-refractivity contribution in [1.82, 2.24) is 15.2 Å². The molecule has 1 unspecified atom stereocenters. The van der Waals surface area contributed by atoms with Crippen LogP contribution in [0.15, 0.2) is 48.8 Å². The van der Waals surface area contributed by atoms with Crippen LogP contribution < -0.4 is 20.5 Å². The number of ether oxygens (including phenoxy) is 2. The number of piperazine rings is 1. The number of carbonyl (C=O) groups excluding carboxylic acids is 1. The lowest BCUT2D eigenvalue weighted by molar-refractivity contribution is 0.0468. The number of nitrogens with one attached hydrogen (secondary N) is 1. The van der Waals surface area contributed by atoms with E-state index in [4.69, 9.17) is 15.2 Å². The Labute approximate surface area is 146 Å². The van der Waals surface area contributed by atoms with E-state index in [1.54, 1.807) is 30.5 Å². The number of amides is 2. The number of carbonyl (C=O) groups is 1. The number of hydrogen-bond donors (Lipinski definition) is 2. The van der Waals surface area contributed by atoms with Crippen molar-refractivity contribution in [3.8, 4) is 11.5 Å². The highest BCUT2D eigenvalue weighted by atomic mass is 16.5. The summed E-state index contributed by atoms with van der Waals surface area (Å²) in [6.45, 7) is 2.01. The number of primary amides is 1. The number of urea groups is 1. The summed E-state index contributed by atoms with van der Waals surface area (Å²) >= 11 is 0. The molecule has 2 aromatic rings.